The van der Waals surface area contributed by atoms with Crippen LogP contribution >= 0.6 is 0 Å². The van der Waals surface area contributed by atoms with Crippen molar-refractivity contribution in [1.82, 2.24) is 66.4 Å². The highest BCUT2D eigenvalue weighted by atomic mass is 16.2. The van der Waals surface area contributed by atoms with Crippen molar-refractivity contribution in [3.63, 3.8) is 0 Å². The third-order valence-electron chi connectivity index (χ3n) is 13.8. The minimum Gasteiger partial charge on any atom is -0.348 e. The van der Waals surface area contributed by atoms with Crippen LogP contribution in [0.3, 0.4) is 0 Å². The predicted octanol–water partition coefficient (Wildman–Crippen LogP) is 2.97. The molecule has 19 heteroatoms. The van der Waals surface area contributed by atoms with Crippen LogP contribution in [0, 0.1) is 0 Å². The van der Waals surface area contributed by atoms with Crippen LogP contribution in [0.4, 0.5) is 0 Å². The van der Waals surface area contributed by atoms with Gasteiger partial charge >= 0.3 is 0 Å². The lowest BCUT2D eigenvalue weighted by Crippen LogP contribution is -2.57. The second-order valence-electron chi connectivity index (χ2n) is 18.7. The van der Waals surface area contributed by atoms with Crippen molar-refractivity contribution in [2.75, 3.05) is 27.2 Å². The zero-order chi connectivity index (χ0) is 49.8. The summed E-state index contributed by atoms with van der Waals surface area (Å²) in [7, 11) is 3.34. The Morgan fingerprint density at radius 2 is 1.06 bits per heavy atom. The summed E-state index contributed by atoms with van der Waals surface area (Å²) >= 11 is 0. The summed E-state index contributed by atoms with van der Waals surface area (Å²) in [4.78, 5) is 85.9. The van der Waals surface area contributed by atoms with E-state index in [9.17, 15) is 28.8 Å². The fourth-order valence-electron chi connectivity index (χ4n) is 9.10. The summed E-state index contributed by atoms with van der Waals surface area (Å²) in [5.74, 6) is -1.69. The number of aryl methyl sites for hydroxylation is 2. The molecular weight excluding hydrogens is 879 g/mol. The molecule has 19 nitrogen and oxygen atoms in total. The fourth-order valence-corrected chi connectivity index (χ4v) is 9.10. The van der Waals surface area contributed by atoms with Gasteiger partial charge in [-0.25, -0.2) is 9.36 Å². The molecule has 0 aliphatic carbocycles. The molecule has 372 valence electrons. The van der Waals surface area contributed by atoms with E-state index in [2.05, 4.69) is 47.2 Å². The normalized spacial score (nSPS) is 19.4. The van der Waals surface area contributed by atoms with Crippen molar-refractivity contribution in [3.8, 4) is 0 Å². The van der Waals surface area contributed by atoms with Gasteiger partial charge in [-0.15, -0.1) is 10.2 Å². The molecule has 4 heterocycles. The van der Waals surface area contributed by atoms with Gasteiger partial charge in [-0.3, -0.25) is 28.8 Å². The van der Waals surface area contributed by atoms with Crippen molar-refractivity contribution in [1.29, 1.82) is 0 Å². The maximum atomic E-state index is 14.4. The number of nitrogens with one attached hydrogen (secondary N) is 5. The molecule has 2 aromatic heterocycles. The number of carbonyl (C=O) groups is 6. The van der Waals surface area contributed by atoms with E-state index < -0.39 is 48.3 Å². The third kappa shape index (κ3) is 13.1. The first-order valence-corrected chi connectivity index (χ1v) is 24.4. The van der Waals surface area contributed by atoms with E-state index in [-0.39, 0.29) is 47.3 Å². The summed E-state index contributed by atoms with van der Waals surface area (Å²) in [5, 5.41) is 32.4. The number of amides is 5. The van der Waals surface area contributed by atoms with Gasteiger partial charge in [0.15, 0.2) is 5.78 Å². The minimum absolute atomic E-state index is 0.00130. The van der Waals surface area contributed by atoms with Crippen LogP contribution in [-0.4, -0.2) is 139 Å². The number of rotatable bonds is 23. The van der Waals surface area contributed by atoms with E-state index in [0.717, 1.165) is 11.1 Å². The Morgan fingerprint density at radius 3 is 1.54 bits per heavy atom. The van der Waals surface area contributed by atoms with Gasteiger partial charge in [0, 0.05) is 31.9 Å². The topological polar surface area (TPSA) is 230 Å². The largest absolute Gasteiger partial charge is 0.348 e. The molecule has 4 aromatic rings. The lowest BCUT2D eigenvalue weighted by molar-refractivity contribution is -0.142. The number of likely N-dealkylation sites (tertiary alicyclic amines) is 2. The lowest BCUT2D eigenvalue weighted by atomic mass is 9.92. The number of carbonyl (C=O) groups excluding carboxylic acids is 6. The molecule has 0 saturated carbocycles. The summed E-state index contributed by atoms with van der Waals surface area (Å²) in [6.07, 6.45) is 7.86. The van der Waals surface area contributed by atoms with Gasteiger partial charge in [0.1, 0.15) is 18.1 Å². The highest BCUT2D eigenvalue weighted by molar-refractivity contribution is 5.95. The molecular formula is C50H71N13O6. The van der Waals surface area contributed by atoms with Crippen LogP contribution in [0.15, 0.2) is 73.1 Å². The molecule has 69 heavy (non-hydrogen) atoms. The quantitative estimate of drug-likeness (QED) is 0.0723. The average Bonchev–Trinajstić information content (AvgIpc) is 4.22. The number of benzene rings is 2. The summed E-state index contributed by atoms with van der Waals surface area (Å²) in [6.45, 7) is 11.7. The molecule has 2 aromatic carbocycles. The van der Waals surface area contributed by atoms with Crippen molar-refractivity contribution in [2.45, 2.75) is 153 Å². The number of hydrogen-bond donors (Lipinski definition) is 5. The Morgan fingerprint density at radius 1 is 0.609 bits per heavy atom. The van der Waals surface area contributed by atoms with E-state index in [4.69, 9.17) is 0 Å². The number of nitrogens with zero attached hydrogens (tertiary/aromatic N) is 8. The first-order valence-electron chi connectivity index (χ1n) is 24.4. The second kappa shape index (κ2) is 24.3. The molecule has 0 bridgehead atoms. The van der Waals surface area contributed by atoms with Gasteiger partial charge in [0.05, 0.1) is 47.6 Å². The molecule has 5 N–H and O–H groups in total. The minimum atomic E-state index is -1.04. The Bertz CT molecular complexity index is 2200. The number of hydrogen-bond acceptors (Lipinski definition) is 12. The Kier molecular flexibility index (Phi) is 18.3. The second-order valence-corrected chi connectivity index (χ2v) is 18.7. The Hall–Kier alpha value is -6.34. The fraction of sp³-hybridized carbons (Fsp3) is 0.560. The van der Waals surface area contributed by atoms with Gasteiger partial charge in [0.2, 0.25) is 29.5 Å². The van der Waals surface area contributed by atoms with Crippen LogP contribution in [0.2, 0.25) is 0 Å². The van der Waals surface area contributed by atoms with Gasteiger partial charge in [-0.2, -0.15) is 0 Å². The molecule has 2 saturated heterocycles. The summed E-state index contributed by atoms with van der Waals surface area (Å²) in [6, 6.07) is 13.5. The van der Waals surface area contributed by atoms with Crippen molar-refractivity contribution < 1.29 is 28.8 Å². The van der Waals surface area contributed by atoms with Gasteiger partial charge in [-0.1, -0.05) is 78.0 Å². The predicted molar refractivity (Wildman–Crippen MR) is 259 cm³/mol. The Labute approximate surface area is 405 Å². The zero-order valence-corrected chi connectivity index (χ0v) is 41.3. The molecule has 0 radical (unpaired) electrons. The lowest BCUT2D eigenvalue weighted by Gasteiger charge is -2.32. The highest BCUT2D eigenvalue weighted by Crippen LogP contribution is 2.28. The SMILES string of the molecule is CN[C@@H](C)C(=O)N[C@H](C(=O)N1CCC[C@H]1C(=O)C[C@H](C)c1ccccc1)[C@H](C)n1cc(CCCc2cn([C@@H](C)[C@H](NC(=O)[C@H](C)NC)C(=O)N3CCC[C@H]3C(=O)N[C@H](C)c3ccccc3)nn2)nn1. The van der Waals surface area contributed by atoms with Gasteiger partial charge in [0.25, 0.3) is 0 Å². The molecule has 5 amide bonds. The first-order chi connectivity index (χ1) is 33.1. The first kappa shape index (κ1) is 52.0. The van der Waals surface area contributed by atoms with Gasteiger partial charge < -0.3 is 36.4 Å². The van der Waals surface area contributed by atoms with E-state index in [1.807, 2.05) is 74.5 Å². The number of ketones is 1. The zero-order valence-electron chi connectivity index (χ0n) is 41.3. The molecule has 6 rings (SSSR count). The maximum absolute atomic E-state index is 14.4. The van der Waals surface area contributed by atoms with Crippen molar-refractivity contribution >= 4 is 35.3 Å². The molecule has 2 aliphatic heterocycles. The molecule has 0 unspecified atom stereocenters. The van der Waals surface area contributed by atoms with Gasteiger partial charge in [-0.05, 0) is 111 Å². The number of aromatic nitrogens is 6. The molecule has 2 aliphatic rings. The van der Waals surface area contributed by atoms with E-state index >= 15 is 0 Å². The molecule has 10 atom stereocenters. The highest BCUT2D eigenvalue weighted by Gasteiger charge is 2.42. The van der Waals surface area contributed by atoms with Crippen LogP contribution in [0.1, 0.15) is 127 Å². The Balaban J connectivity index is 1.09. The monoisotopic (exact) mass is 950 g/mol. The summed E-state index contributed by atoms with van der Waals surface area (Å²) in [5.41, 5.74) is 3.35. The standard InChI is InChI=1S/C50H71N13O6/c1-31(37-18-11-9-12-19-37)28-43(64)41-24-16-26-60(41)49(68)44(54-46(65)33(3)51-7)35(5)62-29-39(56-58-62)22-15-23-40-30-63(59-57-40)36(6)45(55-47(66)34(4)52-8)50(69)61-27-17-25-42(61)48(67)53-32(2)38-20-13-10-14-21-38/h9-14,18-21,29-36,41-42,44-45,51-52H,15-17,22-28H2,1-8H3,(H,53,67)(H,54,65)(H,55,66)/t31-,32+,33-,34-,35-,36-,41-,42-,44-,45-/m0/s1. The van der Waals surface area contributed by atoms with Crippen LogP contribution in [0.5, 0.6) is 0 Å². The van der Waals surface area contributed by atoms with Crippen molar-refractivity contribution in [3.05, 3.63) is 95.6 Å². The van der Waals surface area contributed by atoms with Crippen LogP contribution < -0.4 is 26.6 Å². The maximum Gasteiger partial charge on any atom is 0.248 e. The third-order valence-corrected chi connectivity index (χ3v) is 13.8. The van der Waals surface area contributed by atoms with E-state index in [1.165, 1.54) is 0 Å². The van der Waals surface area contributed by atoms with Crippen molar-refractivity contribution in [2.24, 2.45) is 0 Å². The smallest absolute Gasteiger partial charge is 0.248 e. The number of likely N-dealkylation sites (N-methyl/N-ethyl adjacent to an activating group) is 2. The van der Waals surface area contributed by atoms with Crippen LogP contribution in [0.25, 0.3) is 0 Å². The average molecular weight is 950 g/mol. The number of Topliss-reactive ketones (excluding diaryl/α,β-unsaturated/α-hetero) is 1. The molecule has 2 fully saturated rings. The summed E-state index contributed by atoms with van der Waals surface area (Å²) < 4.78 is 3.16. The van der Waals surface area contributed by atoms with E-state index in [1.54, 1.807) is 73.3 Å². The molecule has 0 spiro atoms. The van der Waals surface area contributed by atoms with E-state index in [0.29, 0.717) is 75.8 Å². The van der Waals surface area contributed by atoms with Crippen LogP contribution in [-0.2, 0) is 41.6 Å².